The average Bonchev–Trinajstić information content (AvgIpc) is 3.13. The molecule has 3 heterocycles. The van der Waals surface area contributed by atoms with Gasteiger partial charge in [-0.15, -0.1) is 0 Å². The number of hydrogen-bond acceptors (Lipinski definition) is 5. The summed E-state index contributed by atoms with van der Waals surface area (Å²) in [6.45, 7) is 2.63. The van der Waals surface area contributed by atoms with Gasteiger partial charge in [0.2, 0.25) is 0 Å². The Hall–Kier alpha value is -1.96. The molecule has 0 spiro atoms. The van der Waals surface area contributed by atoms with Crippen molar-refractivity contribution in [2.75, 3.05) is 19.6 Å². The summed E-state index contributed by atoms with van der Waals surface area (Å²) >= 11 is 3.45. The highest BCUT2D eigenvalue weighted by molar-refractivity contribution is 9.10. The zero-order valence-electron chi connectivity index (χ0n) is 14.9. The third-order valence-corrected chi connectivity index (χ3v) is 5.96. The van der Waals surface area contributed by atoms with Crippen molar-refractivity contribution in [2.45, 2.75) is 31.0 Å². The Labute approximate surface area is 165 Å². The van der Waals surface area contributed by atoms with Crippen LogP contribution >= 0.6 is 15.9 Å². The van der Waals surface area contributed by atoms with Gasteiger partial charge in [0.05, 0.1) is 16.8 Å². The number of ether oxygens (including phenoxy) is 1. The number of aromatic nitrogens is 3. The highest BCUT2D eigenvalue weighted by Gasteiger charge is 2.47. The molecular weight excluding hydrogens is 408 g/mol. The first kappa shape index (κ1) is 17.2. The molecule has 3 aromatic rings. The van der Waals surface area contributed by atoms with Crippen molar-refractivity contribution >= 4 is 21.6 Å². The number of aliphatic hydroxyl groups excluding tert-OH is 1. The van der Waals surface area contributed by atoms with E-state index in [1.807, 2.05) is 24.5 Å². The molecule has 0 amide bonds. The molecule has 2 fully saturated rings. The molecule has 7 heteroatoms. The fourth-order valence-electron chi connectivity index (χ4n) is 3.76. The standard InChI is InChI=1S/C20H21BrN4O2/c21-18-10-23-25-11-15(9-22-19(18)25)14-1-3-17(4-2-14)27-20(6-7-20)13-24-8-5-16(26)12-24/h1-4,9-11,16,26H,5-8,12-13H2. The van der Waals surface area contributed by atoms with Gasteiger partial charge in [0.25, 0.3) is 0 Å². The number of halogens is 1. The molecule has 1 aliphatic heterocycles. The smallest absolute Gasteiger partial charge is 0.169 e. The van der Waals surface area contributed by atoms with E-state index in [4.69, 9.17) is 4.74 Å². The maximum atomic E-state index is 9.72. The van der Waals surface area contributed by atoms with E-state index < -0.39 is 0 Å². The summed E-state index contributed by atoms with van der Waals surface area (Å²) in [5.41, 5.74) is 2.82. The van der Waals surface area contributed by atoms with Crippen LogP contribution in [-0.4, -0.2) is 55.9 Å². The zero-order valence-corrected chi connectivity index (χ0v) is 16.5. The van der Waals surface area contributed by atoms with Gasteiger partial charge in [-0.25, -0.2) is 9.50 Å². The fourth-order valence-corrected chi connectivity index (χ4v) is 4.13. The van der Waals surface area contributed by atoms with Crippen molar-refractivity contribution in [3.05, 3.63) is 47.3 Å². The molecule has 2 aromatic heterocycles. The van der Waals surface area contributed by atoms with Crippen molar-refractivity contribution in [3.8, 4) is 16.9 Å². The second kappa shape index (κ2) is 6.58. The second-order valence-electron chi connectivity index (χ2n) is 7.59. The van der Waals surface area contributed by atoms with Crippen LogP contribution in [0.25, 0.3) is 16.8 Å². The number of β-amino-alcohol motifs (C(OH)–C–C–N with tert-alkyl or cyclic N) is 1. The van der Waals surface area contributed by atoms with Crippen LogP contribution in [0, 0.1) is 0 Å². The summed E-state index contributed by atoms with van der Waals surface area (Å²) in [6.07, 6.45) is 8.43. The zero-order chi connectivity index (χ0) is 18.4. The Morgan fingerprint density at radius 1 is 1.19 bits per heavy atom. The molecule has 6 nitrogen and oxygen atoms in total. The summed E-state index contributed by atoms with van der Waals surface area (Å²) in [4.78, 5) is 6.78. The molecule has 1 aromatic carbocycles. The Morgan fingerprint density at radius 3 is 2.70 bits per heavy atom. The van der Waals surface area contributed by atoms with E-state index in [-0.39, 0.29) is 11.7 Å². The predicted octanol–water partition coefficient (Wildman–Crippen LogP) is 3.14. The summed E-state index contributed by atoms with van der Waals surface area (Å²) in [6, 6.07) is 8.17. The van der Waals surface area contributed by atoms with E-state index in [9.17, 15) is 5.11 Å². The maximum Gasteiger partial charge on any atom is 0.169 e. The number of hydrogen-bond donors (Lipinski definition) is 1. The van der Waals surface area contributed by atoms with Crippen molar-refractivity contribution in [1.82, 2.24) is 19.5 Å². The predicted molar refractivity (Wildman–Crippen MR) is 106 cm³/mol. The number of rotatable bonds is 5. The van der Waals surface area contributed by atoms with Gasteiger partial charge in [-0.1, -0.05) is 12.1 Å². The molecular formula is C20H21BrN4O2. The van der Waals surface area contributed by atoms with Crippen molar-refractivity contribution < 1.29 is 9.84 Å². The highest BCUT2D eigenvalue weighted by Crippen LogP contribution is 2.41. The second-order valence-corrected chi connectivity index (χ2v) is 8.44. The first-order valence-corrected chi connectivity index (χ1v) is 10.1. The van der Waals surface area contributed by atoms with E-state index in [2.05, 4.69) is 43.0 Å². The number of aliphatic hydroxyl groups is 1. The Balaban J connectivity index is 1.29. The van der Waals surface area contributed by atoms with Crippen LogP contribution in [0.15, 0.2) is 47.3 Å². The van der Waals surface area contributed by atoms with E-state index >= 15 is 0 Å². The van der Waals surface area contributed by atoms with Gasteiger partial charge < -0.3 is 9.84 Å². The third kappa shape index (κ3) is 3.47. The first-order valence-electron chi connectivity index (χ1n) is 9.29. The van der Waals surface area contributed by atoms with Gasteiger partial charge in [-0.2, -0.15) is 5.10 Å². The lowest BCUT2D eigenvalue weighted by atomic mass is 10.1. The molecule has 0 radical (unpaired) electrons. The van der Waals surface area contributed by atoms with Crippen LogP contribution < -0.4 is 4.74 Å². The minimum absolute atomic E-state index is 0.0760. The maximum absolute atomic E-state index is 9.72. The van der Waals surface area contributed by atoms with Crippen LogP contribution in [0.2, 0.25) is 0 Å². The van der Waals surface area contributed by atoms with E-state index in [0.29, 0.717) is 0 Å². The SMILES string of the molecule is OC1CCN(CC2(Oc3ccc(-c4cnc5c(Br)cnn5c4)cc3)CC2)C1. The van der Waals surface area contributed by atoms with Crippen molar-refractivity contribution in [3.63, 3.8) is 0 Å². The first-order chi connectivity index (χ1) is 13.1. The molecule has 0 bridgehead atoms. The Kier molecular flexibility index (Phi) is 4.18. The number of fused-ring (bicyclic) bond motifs is 1. The molecule has 1 aliphatic carbocycles. The average molecular weight is 429 g/mol. The quantitative estimate of drug-likeness (QED) is 0.676. The molecule has 27 heavy (non-hydrogen) atoms. The largest absolute Gasteiger partial charge is 0.486 e. The lowest BCUT2D eigenvalue weighted by Crippen LogP contribution is -2.36. The van der Waals surface area contributed by atoms with E-state index in [1.165, 1.54) is 0 Å². The van der Waals surface area contributed by atoms with Crippen molar-refractivity contribution in [1.29, 1.82) is 0 Å². The summed E-state index contributed by atoms with van der Waals surface area (Å²) in [5, 5.41) is 14.0. The lowest BCUT2D eigenvalue weighted by Gasteiger charge is -2.24. The Bertz CT molecular complexity index is 968. The molecule has 1 unspecified atom stereocenters. The fraction of sp³-hybridized carbons (Fsp3) is 0.400. The topological polar surface area (TPSA) is 62.9 Å². The number of nitrogens with zero attached hydrogens (tertiary/aromatic N) is 4. The molecule has 5 rings (SSSR count). The van der Waals surface area contributed by atoms with Gasteiger partial charge in [0.15, 0.2) is 5.65 Å². The molecule has 1 saturated heterocycles. The van der Waals surface area contributed by atoms with Gasteiger partial charge >= 0.3 is 0 Å². The highest BCUT2D eigenvalue weighted by atomic mass is 79.9. The van der Waals surface area contributed by atoms with Crippen LogP contribution in [-0.2, 0) is 0 Å². The van der Waals surface area contributed by atoms with E-state index in [0.717, 1.165) is 65.9 Å². The number of likely N-dealkylation sites (tertiary alicyclic amines) is 1. The third-order valence-electron chi connectivity index (χ3n) is 5.40. The van der Waals surface area contributed by atoms with Crippen molar-refractivity contribution in [2.24, 2.45) is 0 Å². The molecule has 140 valence electrons. The molecule has 1 N–H and O–H groups in total. The minimum Gasteiger partial charge on any atom is -0.486 e. The van der Waals surface area contributed by atoms with Crippen LogP contribution in [0.1, 0.15) is 19.3 Å². The van der Waals surface area contributed by atoms with Crippen LogP contribution in [0.5, 0.6) is 5.75 Å². The normalized spacial score (nSPS) is 21.6. The van der Waals surface area contributed by atoms with Gasteiger partial charge in [-0.05, 0) is 52.9 Å². The van der Waals surface area contributed by atoms with Gasteiger partial charge in [0.1, 0.15) is 11.4 Å². The van der Waals surface area contributed by atoms with Gasteiger partial charge in [-0.3, -0.25) is 4.90 Å². The molecule has 1 atom stereocenters. The molecule has 1 saturated carbocycles. The van der Waals surface area contributed by atoms with E-state index in [1.54, 1.807) is 10.7 Å². The minimum atomic E-state index is -0.179. The summed E-state index contributed by atoms with van der Waals surface area (Å²) in [7, 11) is 0. The monoisotopic (exact) mass is 428 g/mol. The lowest BCUT2D eigenvalue weighted by molar-refractivity contribution is 0.113. The van der Waals surface area contributed by atoms with Gasteiger partial charge in [0, 0.05) is 37.6 Å². The number of benzene rings is 1. The van der Waals surface area contributed by atoms with Crippen LogP contribution in [0.3, 0.4) is 0 Å². The summed E-state index contributed by atoms with van der Waals surface area (Å²) < 4.78 is 8.97. The van der Waals surface area contributed by atoms with Crippen LogP contribution in [0.4, 0.5) is 0 Å². The Morgan fingerprint density at radius 2 is 2.00 bits per heavy atom. The molecule has 2 aliphatic rings. The summed E-state index contributed by atoms with van der Waals surface area (Å²) in [5.74, 6) is 0.895.